The Balaban J connectivity index is 2.02. The van der Waals surface area contributed by atoms with Gasteiger partial charge in [-0.1, -0.05) is 12.8 Å². The summed E-state index contributed by atoms with van der Waals surface area (Å²) in [7, 11) is 1.98. The van der Waals surface area contributed by atoms with E-state index in [4.69, 9.17) is 0 Å². The first-order valence-electron chi connectivity index (χ1n) is 5.92. The summed E-state index contributed by atoms with van der Waals surface area (Å²) in [6, 6.07) is 2.12. The number of nitrogens with one attached hydrogen (secondary N) is 1. The highest BCUT2D eigenvalue weighted by Gasteiger charge is 2.25. The molecule has 1 N–H and O–H groups in total. The Bertz CT molecular complexity index is 308. The molecule has 0 saturated carbocycles. The van der Waals surface area contributed by atoms with Gasteiger partial charge in [-0.3, -0.25) is 4.68 Å². The molecule has 3 heteroatoms. The predicted octanol–water partition coefficient (Wildman–Crippen LogP) is 1.88. The highest BCUT2D eigenvalue weighted by Crippen LogP contribution is 2.22. The summed E-state index contributed by atoms with van der Waals surface area (Å²) in [6.07, 6.45) is 8.37. The van der Waals surface area contributed by atoms with Gasteiger partial charge in [-0.2, -0.15) is 5.10 Å². The second-order valence-electron chi connectivity index (χ2n) is 4.96. The Morgan fingerprint density at radius 2 is 2.33 bits per heavy atom. The summed E-state index contributed by atoms with van der Waals surface area (Å²) in [5, 5.41) is 8.12. The molecule has 2 rings (SSSR count). The lowest BCUT2D eigenvalue weighted by atomic mass is 9.91. The fourth-order valence-corrected chi connectivity index (χ4v) is 2.40. The number of aryl methyl sites for hydroxylation is 1. The third-order valence-corrected chi connectivity index (χ3v) is 3.30. The standard InChI is InChI=1S/C12H21N3/c1-12(7-4-3-5-8-13-12)10-11-6-9-15(2)14-11/h6,9,13H,3-5,7-8,10H2,1-2H3. The van der Waals surface area contributed by atoms with Gasteiger partial charge >= 0.3 is 0 Å². The summed E-state index contributed by atoms with van der Waals surface area (Å²) < 4.78 is 1.88. The molecule has 1 aromatic rings. The molecule has 1 saturated heterocycles. The normalized spacial score (nSPS) is 27.6. The molecule has 0 aromatic carbocycles. The van der Waals surface area contributed by atoms with Crippen LogP contribution in [0.5, 0.6) is 0 Å². The van der Waals surface area contributed by atoms with Crippen LogP contribution in [0.3, 0.4) is 0 Å². The fraction of sp³-hybridized carbons (Fsp3) is 0.750. The smallest absolute Gasteiger partial charge is 0.0642 e. The largest absolute Gasteiger partial charge is 0.311 e. The molecule has 84 valence electrons. The van der Waals surface area contributed by atoms with E-state index in [-0.39, 0.29) is 5.54 Å². The van der Waals surface area contributed by atoms with E-state index in [1.165, 1.54) is 31.4 Å². The van der Waals surface area contributed by atoms with Crippen molar-refractivity contribution in [2.75, 3.05) is 6.54 Å². The van der Waals surface area contributed by atoms with Crippen LogP contribution in [0.25, 0.3) is 0 Å². The molecule has 1 aromatic heterocycles. The summed E-state index contributed by atoms with van der Waals surface area (Å²) in [6.45, 7) is 3.48. The van der Waals surface area contributed by atoms with Crippen molar-refractivity contribution >= 4 is 0 Å². The summed E-state index contributed by atoms with van der Waals surface area (Å²) >= 11 is 0. The van der Waals surface area contributed by atoms with Crippen molar-refractivity contribution in [1.29, 1.82) is 0 Å². The van der Waals surface area contributed by atoms with Gasteiger partial charge < -0.3 is 5.32 Å². The maximum atomic E-state index is 4.46. The molecule has 15 heavy (non-hydrogen) atoms. The zero-order valence-corrected chi connectivity index (χ0v) is 9.79. The average Bonchev–Trinajstić information content (AvgIpc) is 2.46. The van der Waals surface area contributed by atoms with Crippen LogP contribution in [0.4, 0.5) is 0 Å². The van der Waals surface area contributed by atoms with E-state index >= 15 is 0 Å². The van der Waals surface area contributed by atoms with E-state index in [9.17, 15) is 0 Å². The lowest BCUT2D eigenvalue weighted by Crippen LogP contribution is -2.43. The first-order chi connectivity index (χ1) is 7.18. The van der Waals surface area contributed by atoms with Gasteiger partial charge in [-0.05, 0) is 32.4 Å². The van der Waals surface area contributed by atoms with Crippen molar-refractivity contribution in [3.63, 3.8) is 0 Å². The molecular weight excluding hydrogens is 186 g/mol. The number of aromatic nitrogens is 2. The summed E-state index contributed by atoms with van der Waals surface area (Å²) in [4.78, 5) is 0. The van der Waals surface area contributed by atoms with Crippen LogP contribution in [0.2, 0.25) is 0 Å². The number of hydrogen-bond donors (Lipinski definition) is 1. The van der Waals surface area contributed by atoms with E-state index < -0.39 is 0 Å². The van der Waals surface area contributed by atoms with Gasteiger partial charge in [0.05, 0.1) is 5.69 Å². The molecule has 0 radical (unpaired) electrons. The lowest BCUT2D eigenvalue weighted by Gasteiger charge is -2.28. The minimum Gasteiger partial charge on any atom is -0.311 e. The Labute approximate surface area is 91.9 Å². The van der Waals surface area contributed by atoms with Crippen molar-refractivity contribution in [3.8, 4) is 0 Å². The van der Waals surface area contributed by atoms with Crippen LogP contribution in [0.1, 0.15) is 38.3 Å². The molecular formula is C12H21N3. The van der Waals surface area contributed by atoms with Crippen LogP contribution >= 0.6 is 0 Å². The van der Waals surface area contributed by atoms with E-state index in [2.05, 4.69) is 23.4 Å². The fourth-order valence-electron chi connectivity index (χ4n) is 2.40. The molecule has 0 aliphatic carbocycles. The topological polar surface area (TPSA) is 29.9 Å². The third-order valence-electron chi connectivity index (χ3n) is 3.30. The minimum atomic E-state index is 0.255. The lowest BCUT2D eigenvalue weighted by molar-refractivity contribution is 0.342. The van der Waals surface area contributed by atoms with Gasteiger partial charge in [-0.25, -0.2) is 0 Å². The maximum Gasteiger partial charge on any atom is 0.0642 e. The van der Waals surface area contributed by atoms with Gasteiger partial charge in [0.25, 0.3) is 0 Å². The van der Waals surface area contributed by atoms with E-state index in [0.29, 0.717) is 0 Å². The molecule has 0 amide bonds. The first-order valence-corrected chi connectivity index (χ1v) is 5.92. The molecule has 1 fully saturated rings. The van der Waals surface area contributed by atoms with E-state index in [1.807, 2.05) is 17.9 Å². The molecule has 0 bridgehead atoms. The summed E-state index contributed by atoms with van der Waals surface area (Å²) in [5.74, 6) is 0. The number of rotatable bonds is 2. The van der Waals surface area contributed by atoms with Gasteiger partial charge in [0, 0.05) is 25.2 Å². The quantitative estimate of drug-likeness (QED) is 0.802. The third kappa shape index (κ3) is 2.81. The van der Waals surface area contributed by atoms with E-state index in [1.54, 1.807) is 0 Å². The van der Waals surface area contributed by atoms with Crippen LogP contribution in [0, 0.1) is 0 Å². The predicted molar refractivity (Wildman–Crippen MR) is 61.8 cm³/mol. The highest BCUT2D eigenvalue weighted by molar-refractivity contribution is 5.05. The molecule has 0 spiro atoms. The van der Waals surface area contributed by atoms with Gasteiger partial charge in [-0.15, -0.1) is 0 Å². The molecule has 2 heterocycles. The van der Waals surface area contributed by atoms with Crippen molar-refractivity contribution in [1.82, 2.24) is 15.1 Å². The molecule has 1 unspecified atom stereocenters. The van der Waals surface area contributed by atoms with Crippen LogP contribution in [-0.4, -0.2) is 21.9 Å². The monoisotopic (exact) mass is 207 g/mol. The maximum absolute atomic E-state index is 4.46. The van der Waals surface area contributed by atoms with Gasteiger partial charge in [0.15, 0.2) is 0 Å². The Morgan fingerprint density at radius 3 is 3.07 bits per heavy atom. The highest BCUT2D eigenvalue weighted by atomic mass is 15.2. The zero-order chi connectivity index (χ0) is 10.7. The van der Waals surface area contributed by atoms with Crippen LogP contribution in [-0.2, 0) is 13.5 Å². The van der Waals surface area contributed by atoms with Gasteiger partial charge in [0.2, 0.25) is 0 Å². The van der Waals surface area contributed by atoms with Crippen molar-refractivity contribution in [2.24, 2.45) is 7.05 Å². The number of nitrogens with zero attached hydrogens (tertiary/aromatic N) is 2. The second-order valence-corrected chi connectivity index (χ2v) is 4.96. The van der Waals surface area contributed by atoms with Crippen molar-refractivity contribution in [2.45, 2.75) is 44.6 Å². The van der Waals surface area contributed by atoms with E-state index in [0.717, 1.165) is 13.0 Å². The van der Waals surface area contributed by atoms with Crippen LogP contribution < -0.4 is 5.32 Å². The molecule has 1 aliphatic rings. The Hall–Kier alpha value is -0.830. The van der Waals surface area contributed by atoms with Crippen molar-refractivity contribution in [3.05, 3.63) is 18.0 Å². The summed E-state index contributed by atoms with van der Waals surface area (Å²) in [5.41, 5.74) is 1.46. The Kier molecular flexibility index (Phi) is 3.10. The first kappa shape index (κ1) is 10.7. The Morgan fingerprint density at radius 1 is 1.47 bits per heavy atom. The zero-order valence-electron chi connectivity index (χ0n) is 9.79. The van der Waals surface area contributed by atoms with Crippen molar-refractivity contribution < 1.29 is 0 Å². The second kappa shape index (κ2) is 4.35. The average molecular weight is 207 g/mol. The van der Waals surface area contributed by atoms with Gasteiger partial charge in [0.1, 0.15) is 0 Å². The molecule has 3 nitrogen and oxygen atoms in total. The molecule has 1 aliphatic heterocycles. The SMILES string of the molecule is Cn1ccc(CC2(C)CCCCCN2)n1. The van der Waals surface area contributed by atoms with Crippen LogP contribution in [0.15, 0.2) is 12.3 Å². The minimum absolute atomic E-state index is 0.255. The molecule has 1 atom stereocenters. The number of hydrogen-bond acceptors (Lipinski definition) is 2.